The van der Waals surface area contributed by atoms with Crippen molar-refractivity contribution in [2.75, 3.05) is 18.6 Å². The molecule has 0 heterocycles. The summed E-state index contributed by atoms with van der Waals surface area (Å²) in [5.41, 5.74) is 11.9. The number of fused-ring (bicyclic) bond motifs is 2. The molecular weight excluding hydrogens is 524 g/mol. The number of aliphatic hydroxyl groups is 1. The fourth-order valence-electron chi connectivity index (χ4n) is 5.08. The first kappa shape index (κ1) is 27.2. The first-order valence-corrected chi connectivity index (χ1v) is 13.6. The number of nitrogens with one attached hydrogen (secondary N) is 3. The van der Waals surface area contributed by atoms with Crippen LogP contribution < -0.4 is 16.2 Å². The zero-order chi connectivity index (χ0) is 27.9. The summed E-state index contributed by atoms with van der Waals surface area (Å²) >= 11 is 6.49. The fraction of sp³-hybridized carbons (Fsp3) is 0.188. The highest BCUT2D eigenvalue weighted by molar-refractivity contribution is 6.33. The number of hydrazine groups is 1. The summed E-state index contributed by atoms with van der Waals surface area (Å²) in [6.45, 7) is 0.411. The van der Waals surface area contributed by atoms with Gasteiger partial charge in [0.1, 0.15) is 0 Å². The van der Waals surface area contributed by atoms with Gasteiger partial charge in [0, 0.05) is 18.7 Å². The molecule has 0 spiro atoms. The lowest BCUT2D eigenvalue weighted by Crippen LogP contribution is -2.41. The van der Waals surface area contributed by atoms with E-state index in [4.69, 9.17) is 11.6 Å². The minimum atomic E-state index is -0.412. The Bertz CT molecular complexity index is 1450. The van der Waals surface area contributed by atoms with Gasteiger partial charge in [0.15, 0.2) is 0 Å². The number of carbonyl (C=O) groups excluding carboxylic acids is 2. The van der Waals surface area contributed by atoms with Crippen LogP contribution in [0.25, 0.3) is 0 Å². The summed E-state index contributed by atoms with van der Waals surface area (Å²) < 4.78 is 0. The Morgan fingerprint density at radius 3 is 2.10 bits per heavy atom. The van der Waals surface area contributed by atoms with E-state index >= 15 is 0 Å². The average molecular weight is 555 g/mol. The van der Waals surface area contributed by atoms with E-state index in [9.17, 15) is 14.7 Å². The fourth-order valence-corrected chi connectivity index (χ4v) is 5.31. The molecule has 5 rings (SSSR count). The van der Waals surface area contributed by atoms with Crippen molar-refractivity contribution < 1.29 is 14.7 Å². The molecule has 0 fully saturated rings. The van der Waals surface area contributed by atoms with Crippen molar-refractivity contribution in [1.82, 2.24) is 15.6 Å². The molecule has 1 aliphatic rings. The molecule has 40 heavy (non-hydrogen) atoms. The Balaban J connectivity index is 1.26. The Labute approximate surface area is 238 Å². The zero-order valence-electron chi connectivity index (χ0n) is 21.9. The van der Waals surface area contributed by atoms with Crippen molar-refractivity contribution in [2.45, 2.75) is 25.4 Å². The average Bonchev–Trinajstić information content (AvgIpc) is 3.13. The van der Waals surface area contributed by atoms with E-state index in [1.54, 1.807) is 23.1 Å². The molecule has 0 saturated carbocycles. The summed E-state index contributed by atoms with van der Waals surface area (Å²) in [4.78, 5) is 27.8. The zero-order valence-corrected chi connectivity index (χ0v) is 22.7. The van der Waals surface area contributed by atoms with Gasteiger partial charge >= 0.3 is 6.03 Å². The van der Waals surface area contributed by atoms with Gasteiger partial charge in [0.2, 0.25) is 0 Å². The van der Waals surface area contributed by atoms with Crippen molar-refractivity contribution in [3.8, 4) is 0 Å². The van der Waals surface area contributed by atoms with Crippen molar-refractivity contribution in [3.05, 3.63) is 135 Å². The number of hydrogen-bond acceptors (Lipinski definition) is 4. The number of urea groups is 1. The molecule has 4 aromatic carbocycles. The number of carbonyl (C=O) groups is 2. The highest BCUT2D eigenvalue weighted by Gasteiger charge is 2.25. The molecule has 1 aliphatic carbocycles. The lowest BCUT2D eigenvalue weighted by molar-refractivity contribution is 0.0708. The third-order valence-electron chi connectivity index (χ3n) is 7.07. The highest BCUT2D eigenvalue weighted by atomic mass is 35.5. The summed E-state index contributed by atoms with van der Waals surface area (Å²) in [7, 11) is 0. The molecule has 7 nitrogen and oxygen atoms in total. The van der Waals surface area contributed by atoms with Gasteiger partial charge in [-0.2, -0.15) is 0 Å². The molecule has 0 unspecified atom stereocenters. The van der Waals surface area contributed by atoms with Crippen LogP contribution >= 0.6 is 11.6 Å². The molecular formula is C32H31ClN4O3. The molecule has 8 heteroatoms. The molecule has 0 radical (unpaired) electrons. The van der Waals surface area contributed by atoms with Crippen LogP contribution in [0.1, 0.15) is 44.2 Å². The van der Waals surface area contributed by atoms with Crippen LogP contribution in [-0.2, 0) is 19.4 Å². The number of benzene rings is 4. The maximum atomic E-state index is 13.2. The number of aryl methyl sites for hydroxylation is 2. The smallest absolute Gasteiger partial charge is 0.334 e. The molecule has 0 bridgehead atoms. The standard InChI is InChI=1S/C32H31ClN4O3/c33-28-20-25(31(39)37(18-19-38)21-22-8-2-1-3-9-22)16-17-29(28)35-36-32(40)34-30-26-12-6-4-10-23(26)14-15-24-11-5-7-13-27(24)30/h1-13,16-17,20,30,35,38H,14-15,18-19,21H2,(H2,34,36,40). The van der Waals surface area contributed by atoms with E-state index in [1.165, 1.54) is 11.1 Å². The molecule has 204 valence electrons. The SMILES string of the molecule is O=C(NNc1ccc(C(=O)N(CCO)Cc2ccccc2)cc1Cl)NC1c2ccccc2CCc2ccccc21. The monoisotopic (exact) mass is 554 g/mol. The van der Waals surface area contributed by atoms with E-state index in [-0.39, 0.29) is 30.1 Å². The molecule has 0 aliphatic heterocycles. The van der Waals surface area contributed by atoms with E-state index in [2.05, 4.69) is 40.4 Å². The molecule has 0 aromatic heterocycles. The van der Waals surface area contributed by atoms with E-state index in [0.29, 0.717) is 17.8 Å². The van der Waals surface area contributed by atoms with Crippen molar-refractivity contribution >= 4 is 29.2 Å². The quantitative estimate of drug-likeness (QED) is 0.217. The van der Waals surface area contributed by atoms with Gasteiger partial charge in [-0.05, 0) is 58.9 Å². The predicted molar refractivity (Wildman–Crippen MR) is 157 cm³/mol. The number of amides is 3. The third-order valence-corrected chi connectivity index (χ3v) is 7.38. The Hall–Kier alpha value is -4.33. The lowest BCUT2D eigenvalue weighted by Gasteiger charge is -2.23. The largest absolute Gasteiger partial charge is 0.395 e. The Morgan fingerprint density at radius 1 is 0.850 bits per heavy atom. The first-order valence-electron chi connectivity index (χ1n) is 13.2. The second-order valence-corrected chi connectivity index (χ2v) is 10.1. The van der Waals surface area contributed by atoms with Gasteiger partial charge in [0.25, 0.3) is 5.91 Å². The highest BCUT2D eigenvalue weighted by Crippen LogP contribution is 2.32. The van der Waals surface area contributed by atoms with E-state index in [0.717, 1.165) is 29.5 Å². The molecule has 4 N–H and O–H groups in total. The normalized spacial score (nSPS) is 12.4. The number of hydrogen-bond donors (Lipinski definition) is 4. The summed E-state index contributed by atoms with van der Waals surface area (Å²) in [5, 5.41) is 12.9. The second kappa shape index (κ2) is 12.7. The summed E-state index contributed by atoms with van der Waals surface area (Å²) in [6, 6.07) is 30.1. The first-order chi connectivity index (χ1) is 19.5. The second-order valence-electron chi connectivity index (χ2n) is 9.68. The minimum Gasteiger partial charge on any atom is -0.395 e. The topological polar surface area (TPSA) is 93.7 Å². The van der Waals surface area contributed by atoms with Gasteiger partial charge in [-0.15, -0.1) is 0 Å². The maximum absolute atomic E-state index is 13.2. The van der Waals surface area contributed by atoms with Gasteiger partial charge in [-0.1, -0.05) is 90.5 Å². The Kier molecular flexibility index (Phi) is 8.64. The van der Waals surface area contributed by atoms with Crippen LogP contribution in [0.15, 0.2) is 97.1 Å². The molecule has 3 amide bonds. The predicted octanol–water partition coefficient (Wildman–Crippen LogP) is 5.49. The van der Waals surface area contributed by atoms with Crippen LogP contribution in [0, 0.1) is 0 Å². The van der Waals surface area contributed by atoms with Crippen LogP contribution in [0.4, 0.5) is 10.5 Å². The van der Waals surface area contributed by atoms with Crippen molar-refractivity contribution in [1.29, 1.82) is 0 Å². The number of rotatable bonds is 8. The van der Waals surface area contributed by atoms with Gasteiger partial charge in [0.05, 0.1) is 23.4 Å². The van der Waals surface area contributed by atoms with Crippen LogP contribution in [0.2, 0.25) is 5.02 Å². The van der Waals surface area contributed by atoms with Gasteiger partial charge in [-0.25, -0.2) is 4.79 Å². The number of nitrogens with zero attached hydrogens (tertiary/aromatic N) is 1. The summed E-state index contributed by atoms with van der Waals surface area (Å²) in [6.07, 6.45) is 1.82. The minimum absolute atomic E-state index is 0.152. The van der Waals surface area contributed by atoms with Gasteiger partial charge < -0.3 is 15.3 Å². The number of aliphatic hydroxyl groups excluding tert-OH is 1. The van der Waals surface area contributed by atoms with Gasteiger partial charge in [-0.3, -0.25) is 15.6 Å². The Morgan fingerprint density at radius 2 is 1.48 bits per heavy atom. The molecule has 0 atom stereocenters. The van der Waals surface area contributed by atoms with Crippen LogP contribution in [0.3, 0.4) is 0 Å². The van der Waals surface area contributed by atoms with E-state index in [1.807, 2.05) is 54.6 Å². The third kappa shape index (κ3) is 6.28. The number of halogens is 1. The van der Waals surface area contributed by atoms with E-state index < -0.39 is 6.03 Å². The lowest BCUT2D eigenvalue weighted by atomic mass is 9.95. The number of anilines is 1. The maximum Gasteiger partial charge on any atom is 0.334 e. The van der Waals surface area contributed by atoms with Crippen LogP contribution in [0.5, 0.6) is 0 Å². The van der Waals surface area contributed by atoms with Crippen molar-refractivity contribution in [3.63, 3.8) is 0 Å². The van der Waals surface area contributed by atoms with Crippen molar-refractivity contribution in [2.24, 2.45) is 0 Å². The molecule has 0 saturated heterocycles. The van der Waals surface area contributed by atoms with Crippen LogP contribution in [-0.4, -0.2) is 35.1 Å². The summed E-state index contributed by atoms with van der Waals surface area (Å²) in [5.74, 6) is -0.247. The molecule has 4 aromatic rings.